The van der Waals surface area contributed by atoms with E-state index in [9.17, 15) is 4.79 Å². The number of imidazole rings is 1. The topological polar surface area (TPSA) is 77.2 Å². The Balaban J connectivity index is 1.26. The van der Waals surface area contributed by atoms with Crippen LogP contribution in [0.1, 0.15) is 29.8 Å². The number of hydrogen-bond donors (Lipinski definition) is 1. The van der Waals surface area contributed by atoms with Crippen LogP contribution < -0.4 is 5.32 Å². The lowest BCUT2D eigenvalue weighted by Crippen LogP contribution is -2.53. The Bertz CT molecular complexity index is 1040. The molecule has 0 radical (unpaired) electrons. The molecule has 1 amide bonds. The van der Waals surface area contributed by atoms with Crippen LogP contribution in [0.15, 0.2) is 55.1 Å². The summed E-state index contributed by atoms with van der Waals surface area (Å²) in [6, 6.07) is 9.95. The number of carbonyl (C=O) groups excluding carboxylic acids is 1. The fourth-order valence-corrected chi connectivity index (χ4v) is 4.66. The van der Waals surface area contributed by atoms with Gasteiger partial charge in [0, 0.05) is 57.4 Å². The second kappa shape index (κ2) is 8.28. The van der Waals surface area contributed by atoms with Gasteiger partial charge in [0.15, 0.2) is 6.10 Å². The average molecular weight is 421 g/mol. The van der Waals surface area contributed by atoms with Crippen molar-refractivity contribution in [2.75, 3.05) is 13.1 Å². The van der Waals surface area contributed by atoms with Gasteiger partial charge in [0.25, 0.3) is 5.91 Å². The third-order valence-electron chi connectivity index (χ3n) is 6.28. The first-order chi connectivity index (χ1) is 15.1. The van der Waals surface area contributed by atoms with Crippen molar-refractivity contribution in [3.63, 3.8) is 0 Å². The summed E-state index contributed by atoms with van der Waals surface area (Å²) >= 11 is 0. The van der Waals surface area contributed by atoms with Crippen molar-refractivity contribution in [3.05, 3.63) is 72.1 Å². The third kappa shape index (κ3) is 4.13. The molecule has 8 nitrogen and oxygen atoms in total. The number of hydrogen-bond acceptors (Lipinski definition) is 5. The quantitative estimate of drug-likeness (QED) is 0.681. The number of fused-ring (bicyclic) bond motifs is 2. The maximum absolute atomic E-state index is 12.9. The van der Waals surface area contributed by atoms with Crippen molar-refractivity contribution in [2.45, 2.75) is 44.2 Å². The Kier molecular flexibility index (Phi) is 5.33. The number of amides is 1. The minimum Gasteiger partial charge on any atom is -0.352 e. The Morgan fingerprint density at radius 1 is 1.23 bits per heavy atom. The van der Waals surface area contributed by atoms with Crippen molar-refractivity contribution in [3.8, 4) is 0 Å². The Labute approximate surface area is 181 Å². The predicted octanol–water partition coefficient (Wildman–Crippen LogP) is 1.82. The minimum atomic E-state index is -0.518. The predicted molar refractivity (Wildman–Crippen MR) is 115 cm³/mol. The fraction of sp³-hybridized carbons (Fsp3) is 0.435. The number of aryl methyl sites for hydroxylation is 1. The minimum absolute atomic E-state index is 0.0691. The Morgan fingerprint density at radius 2 is 2.03 bits per heavy atom. The van der Waals surface area contributed by atoms with Crippen LogP contribution in [0.25, 0.3) is 0 Å². The van der Waals surface area contributed by atoms with Crippen molar-refractivity contribution < 1.29 is 9.53 Å². The van der Waals surface area contributed by atoms with Crippen molar-refractivity contribution in [1.82, 2.24) is 29.5 Å². The molecule has 3 aromatic rings. The normalized spacial score (nSPS) is 20.5. The van der Waals surface area contributed by atoms with Gasteiger partial charge in [-0.1, -0.05) is 30.3 Å². The van der Waals surface area contributed by atoms with E-state index >= 15 is 0 Å². The van der Waals surface area contributed by atoms with Crippen LogP contribution in [0, 0.1) is 0 Å². The highest BCUT2D eigenvalue weighted by molar-refractivity contribution is 5.80. The molecule has 1 atom stereocenters. The molecule has 31 heavy (non-hydrogen) atoms. The lowest BCUT2D eigenvalue weighted by Gasteiger charge is -2.45. The molecule has 0 bridgehead atoms. The van der Waals surface area contributed by atoms with Gasteiger partial charge in [-0.25, -0.2) is 4.98 Å². The molecule has 1 saturated heterocycles. The highest BCUT2D eigenvalue weighted by Crippen LogP contribution is 2.40. The zero-order valence-electron chi connectivity index (χ0n) is 17.8. The number of nitrogens with one attached hydrogen (secondary N) is 1. The zero-order valence-corrected chi connectivity index (χ0v) is 17.8. The van der Waals surface area contributed by atoms with Gasteiger partial charge >= 0.3 is 0 Å². The zero-order chi connectivity index (χ0) is 21.3. The largest absolute Gasteiger partial charge is 0.352 e. The standard InChI is InChI=1S/C23H28N6O2/c1-27-15-19(14-26-27)16-28-10-7-23(8-11-28)22-24-9-12-29(22)17-20(31-23)21(30)25-13-18-5-3-2-4-6-18/h2-6,9,12,14-15,20H,7-8,10-11,13,16-17H2,1H3,(H,25,30). The van der Waals surface area contributed by atoms with E-state index in [1.54, 1.807) is 0 Å². The van der Waals surface area contributed by atoms with E-state index in [-0.39, 0.29) is 5.91 Å². The molecule has 2 aliphatic rings. The van der Waals surface area contributed by atoms with E-state index in [0.717, 1.165) is 43.9 Å². The monoisotopic (exact) mass is 420 g/mol. The van der Waals surface area contributed by atoms with Gasteiger partial charge in [0.2, 0.25) is 0 Å². The van der Waals surface area contributed by atoms with Crippen molar-refractivity contribution in [1.29, 1.82) is 0 Å². The number of piperidine rings is 1. The second-order valence-corrected chi connectivity index (χ2v) is 8.51. The van der Waals surface area contributed by atoms with Gasteiger partial charge in [-0.3, -0.25) is 14.4 Å². The summed E-state index contributed by atoms with van der Waals surface area (Å²) < 4.78 is 10.4. The molecular weight excluding hydrogens is 392 g/mol. The molecule has 0 saturated carbocycles. The molecule has 2 aliphatic heterocycles. The van der Waals surface area contributed by atoms with E-state index in [2.05, 4.69) is 31.1 Å². The first kappa shape index (κ1) is 20.0. The molecule has 2 aromatic heterocycles. The molecular formula is C23H28N6O2. The van der Waals surface area contributed by atoms with E-state index < -0.39 is 11.7 Å². The Hall–Kier alpha value is -2.97. The van der Waals surface area contributed by atoms with Crippen LogP contribution in [-0.2, 0) is 41.8 Å². The maximum atomic E-state index is 12.9. The lowest BCUT2D eigenvalue weighted by atomic mass is 9.88. The Morgan fingerprint density at radius 3 is 2.77 bits per heavy atom. The van der Waals surface area contributed by atoms with E-state index in [0.29, 0.717) is 13.1 Å². The van der Waals surface area contributed by atoms with Gasteiger partial charge < -0.3 is 14.6 Å². The smallest absolute Gasteiger partial charge is 0.251 e. The summed E-state index contributed by atoms with van der Waals surface area (Å²) in [6.45, 7) is 3.65. The van der Waals surface area contributed by atoms with Crippen LogP contribution in [-0.4, -0.2) is 49.3 Å². The molecule has 162 valence electrons. The number of rotatable bonds is 5. The summed E-state index contributed by atoms with van der Waals surface area (Å²) in [5.41, 5.74) is 1.78. The summed E-state index contributed by atoms with van der Waals surface area (Å²) in [5.74, 6) is 0.876. The highest BCUT2D eigenvalue weighted by atomic mass is 16.5. The molecule has 1 aromatic carbocycles. The maximum Gasteiger partial charge on any atom is 0.251 e. The lowest BCUT2D eigenvalue weighted by molar-refractivity contribution is -0.174. The molecule has 1 fully saturated rings. The summed E-state index contributed by atoms with van der Waals surface area (Å²) in [5, 5.41) is 7.30. The van der Waals surface area contributed by atoms with Crippen molar-refractivity contribution in [2.24, 2.45) is 7.05 Å². The molecule has 4 heterocycles. The molecule has 1 unspecified atom stereocenters. The summed E-state index contributed by atoms with van der Waals surface area (Å²) in [7, 11) is 1.94. The number of carbonyl (C=O) groups is 1. The first-order valence-electron chi connectivity index (χ1n) is 10.8. The number of ether oxygens (including phenoxy) is 1. The summed E-state index contributed by atoms with van der Waals surface area (Å²) in [6.07, 6.45) is 8.85. The van der Waals surface area contributed by atoms with Gasteiger partial charge in [0.05, 0.1) is 12.7 Å². The highest BCUT2D eigenvalue weighted by Gasteiger charge is 2.47. The van der Waals surface area contributed by atoms with Gasteiger partial charge in [-0.15, -0.1) is 0 Å². The second-order valence-electron chi connectivity index (χ2n) is 8.51. The SMILES string of the molecule is Cn1cc(CN2CCC3(CC2)OC(C(=O)NCc2ccccc2)Cn2ccnc23)cn1. The van der Waals surface area contributed by atoms with Crippen molar-refractivity contribution >= 4 is 5.91 Å². The average Bonchev–Trinajstić information content (AvgIpc) is 3.44. The van der Waals surface area contributed by atoms with Gasteiger partial charge in [0.1, 0.15) is 11.4 Å². The first-order valence-corrected chi connectivity index (χ1v) is 10.8. The van der Waals surface area contributed by atoms with E-state index in [1.165, 1.54) is 5.56 Å². The fourth-order valence-electron chi connectivity index (χ4n) is 4.66. The van der Waals surface area contributed by atoms with Crippen LogP contribution in [0.2, 0.25) is 0 Å². The third-order valence-corrected chi connectivity index (χ3v) is 6.28. The molecule has 1 spiro atoms. The van der Waals surface area contributed by atoms with E-state index in [1.807, 2.05) is 60.7 Å². The summed E-state index contributed by atoms with van der Waals surface area (Å²) in [4.78, 5) is 20.0. The number of likely N-dealkylation sites (tertiary alicyclic amines) is 1. The van der Waals surface area contributed by atoms with E-state index in [4.69, 9.17) is 4.74 Å². The number of benzene rings is 1. The number of aromatic nitrogens is 4. The van der Waals surface area contributed by atoms with Gasteiger partial charge in [-0.05, 0) is 18.4 Å². The molecule has 8 heteroatoms. The van der Waals surface area contributed by atoms with Gasteiger partial charge in [-0.2, -0.15) is 5.10 Å². The van der Waals surface area contributed by atoms with Crippen LogP contribution in [0.4, 0.5) is 0 Å². The molecule has 1 N–H and O–H groups in total. The van der Waals surface area contributed by atoms with Crippen LogP contribution in [0.3, 0.4) is 0 Å². The number of nitrogens with zero attached hydrogens (tertiary/aromatic N) is 5. The van der Waals surface area contributed by atoms with Crippen LogP contribution >= 0.6 is 0 Å². The van der Waals surface area contributed by atoms with Crippen LogP contribution in [0.5, 0.6) is 0 Å². The molecule has 0 aliphatic carbocycles. The molecule has 5 rings (SSSR count).